The van der Waals surface area contributed by atoms with Crippen LogP contribution in [-0.4, -0.2) is 47.0 Å². The van der Waals surface area contributed by atoms with Gasteiger partial charge in [0.15, 0.2) is 0 Å². The average molecular weight is 481 g/mol. The topological polar surface area (TPSA) is 49.3 Å². The molecule has 1 fully saturated rings. The van der Waals surface area contributed by atoms with Gasteiger partial charge in [0.1, 0.15) is 11.6 Å². The van der Waals surface area contributed by atoms with Gasteiger partial charge in [-0.05, 0) is 37.1 Å². The summed E-state index contributed by atoms with van der Waals surface area (Å²) in [4.78, 5) is 25.6. The Morgan fingerprint density at radius 3 is 2.37 bits per heavy atom. The first-order valence-corrected chi connectivity index (χ1v) is 11.5. The van der Waals surface area contributed by atoms with E-state index in [0.717, 1.165) is 28.7 Å². The van der Waals surface area contributed by atoms with E-state index in [4.69, 9.17) is 0 Å². The predicted octanol–water partition coefficient (Wildman–Crippen LogP) is 5.07. The van der Waals surface area contributed by atoms with Crippen LogP contribution >= 0.6 is 0 Å². The van der Waals surface area contributed by atoms with Crippen LogP contribution in [0.1, 0.15) is 33.8 Å². The van der Waals surface area contributed by atoms with Gasteiger partial charge < -0.3 is 9.80 Å². The molecule has 0 bridgehead atoms. The first-order chi connectivity index (χ1) is 16.7. The fourth-order valence-corrected chi connectivity index (χ4v) is 4.22. The predicted molar refractivity (Wildman–Crippen MR) is 130 cm³/mol. The molecule has 1 amide bonds. The molecule has 1 aliphatic rings. The third-order valence-electron chi connectivity index (χ3n) is 6.05. The van der Waals surface area contributed by atoms with Crippen LogP contribution in [0, 0.1) is 13.8 Å². The highest BCUT2D eigenvalue weighted by Crippen LogP contribution is 2.31. The van der Waals surface area contributed by atoms with Gasteiger partial charge in [-0.3, -0.25) is 4.79 Å². The molecule has 182 valence electrons. The van der Waals surface area contributed by atoms with Gasteiger partial charge in [-0.15, -0.1) is 0 Å². The van der Waals surface area contributed by atoms with Crippen molar-refractivity contribution in [2.75, 3.05) is 31.1 Å². The number of hydrogen-bond acceptors (Lipinski definition) is 4. The van der Waals surface area contributed by atoms with Gasteiger partial charge in [-0.2, -0.15) is 13.2 Å². The molecule has 0 aliphatic carbocycles. The number of benzene rings is 2. The quantitative estimate of drug-likeness (QED) is 0.479. The Morgan fingerprint density at radius 1 is 0.971 bits per heavy atom. The summed E-state index contributed by atoms with van der Waals surface area (Å²) in [6.07, 6.45) is -0.706. The number of carbonyl (C=O) groups excluding carboxylic acids is 1. The van der Waals surface area contributed by atoms with Gasteiger partial charge in [0, 0.05) is 49.9 Å². The van der Waals surface area contributed by atoms with E-state index in [0.29, 0.717) is 44.0 Å². The number of rotatable bonds is 5. The van der Waals surface area contributed by atoms with Gasteiger partial charge in [0.25, 0.3) is 0 Å². The highest BCUT2D eigenvalue weighted by molar-refractivity contribution is 5.92. The Labute approximate surface area is 202 Å². The summed E-state index contributed by atoms with van der Waals surface area (Å²) >= 11 is 0. The largest absolute Gasteiger partial charge is 0.416 e. The van der Waals surface area contributed by atoms with Crippen LogP contribution in [-0.2, 0) is 17.4 Å². The zero-order chi connectivity index (χ0) is 25.0. The number of nitrogens with zero attached hydrogens (tertiary/aromatic N) is 4. The molecule has 4 rings (SSSR count). The fraction of sp³-hybridized carbons (Fsp3) is 0.296. The number of hydrogen-bond donors (Lipinski definition) is 0. The number of aromatic nitrogens is 2. The van der Waals surface area contributed by atoms with Crippen molar-refractivity contribution in [3.8, 4) is 0 Å². The number of alkyl halides is 3. The van der Waals surface area contributed by atoms with E-state index in [1.54, 1.807) is 30.0 Å². The summed E-state index contributed by atoms with van der Waals surface area (Å²) < 4.78 is 39.6. The van der Waals surface area contributed by atoms with Crippen molar-refractivity contribution in [3.63, 3.8) is 0 Å². The van der Waals surface area contributed by atoms with Crippen LogP contribution in [0.15, 0.2) is 60.7 Å². The third kappa shape index (κ3) is 6.07. The van der Waals surface area contributed by atoms with E-state index >= 15 is 0 Å². The number of aryl methyl sites for hydroxylation is 2. The zero-order valence-corrected chi connectivity index (χ0v) is 19.7. The molecule has 1 aliphatic heterocycles. The molecule has 8 heteroatoms. The minimum atomic E-state index is -4.39. The number of carbonyl (C=O) groups is 1. The van der Waals surface area contributed by atoms with Crippen LogP contribution in [0.3, 0.4) is 0 Å². The Balaban J connectivity index is 1.49. The van der Waals surface area contributed by atoms with Gasteiger partial charge in [-0.25, -0.2) is 9.97 Å². The van der Waals surface area contributed by atoms with Crippen LogP contribution in [0.4, 0.5) is 19.0 Å². The normalized spacial score (nSPS) is 14.5. The van der Waals surface area contributed by atoms with Crippen molar-refractivity contribution in [1.29, 1.82) is 0 Å². The van der Waals surface area contributed by atoms with E-state index in [1.807, 2.05) is 37.3 Å². The van der Waals surface area contributed by atoms with Crippen molar-refractivity contribution in [2.24, 2.45) is 0 Å². The molecule has 2 aromatic carbocycles. The molecule has 1 aromatic heterocycles. The van der Waals surface area contributed by atoms with E-state index in [1.165, 1.54) is 12.1 Å². The molecule has 1 saturated heterocycles. The van der Waals surface area contributed by atoms with Crippen LogP contribution in [0.2, 0.25) is 0 Å². The Hall–Kier alpha value is -3.68. The van der Waals surface area contributed by atoms with Crippen molar-refractivity contribution in [2.45, 2.75) is 26.4 Å². The van der Waals surface area contributed by atoms with Gasteiger partial charge >= 0.3 is 6.18 Å². The highest BCUT2D eigenvalue weighted by atomic mass is 19.4. The lowest BCUT2D eigenvalue weighted by Crippen LogP contribution is -2.49. The lowest BCUT2D eigenvalue weighted by atomic mass is 10.0. The standard InChI is InChI=1S/C27H27F3N4O/c1-19-24(18-22-9-6-10-23(17-22)27(28,29)30)26(32-20(2)31-19)34-15-13-33(14-16-34)25(35)12-11-21-7-4-3-5-8-21/h3-12,17H,13-16,18H2,1-2H3/b12-11+. The monoisotopic (exact) mass is 480 g/mol. The second kappa shape index (κ2) is 10.3. The average Bonchev–Trinajstić information content (AvgIpc) is 2.84. The molecule has 0 saturated carbocycles. The van der Waals surface area contributed by atoms with Crippen LogP contribution in [0.25, 0.3) is 6.08 Å². The first kappa shape index (κ1) is 24.4. The first-order valence-electron chi connectivity index (χ1n) is 11.5. The molecule has 0 radical (unpaired) electrons. The van der Waals surface area contributed by atoms with Crippen molar-refractivity contribution >= 4 is 17.8 Å². The van der Waals surface area contributed by atoms with Gasteiger partial charge in [0.2, 0.25) is 5.91 Å². The molecule has 2 heterocycles. The maximum absolute atomic E-state index is 13.2. The number of piperazine rings is 1. The third-order valence-corrected chi connectivity index (χ3v) is 6.05. The van der Waals surface area contributed by atoms with Crippen molar-refractivity contribution < 1.29 is 18.0 Å². The van der Waals surface area contributed by atoms with Crippen LogP contribution in [0.5, 0.6) is 0 Å². The SMILES string of the molecule is Cc1nc(C)c(Cc2cccc(C(F)(F)F)c2)c(N2CCN(C(=O)/C=C/c3ccccc3)CC2)n1. The number of amides is 1. The number of anilines is 1. The summed E-state index contributed by atoms with van der Waals surface area (Å²) in [5.41, 5.74) is 2.40. The molecular formula is C27H27F3N4O. The van der Waals surface area contributed by atoms with E-state index in [2.05, 4.69) is 14.9 Å². The van der Waals surface area contributed by atoms with Gasteiger partial charge in [-0.1, -0.05) is 48.5 Å². The zero-order valence-electron chi connectivity index (χ0n) is 19.7. The summed E-state index contributed by atoms with van der Waals surface area (Å²) in [5.74, 6) is 1.28. The molecule has 0 atom stereocenters. The van der Waals surface area contributed by atoms with Crippen LogP contribution < -0.4 is 4.90 Å². The maximum Gasteiger partial charge on any atom is 0.416 e. The molecule has 0 N–H and O–H groups in total. The maximum atomic E-state index is 13.2. The van der Waals surface area contributed by atoms with Crippen molar-refractivity contribution in [3.05, 3.63) is 94.4 Å². The minimum Gasteiger partial charge on any atom is -0.353 e. The second-order valence-electron chi connectivity index (χ2n) is 8.59. The Kier molecular flexibility index (Phi) is 7.19. The molecular weight excluding hydrogens is 453 g/mol. The Morgan fingerprint density at radius 2 is 1.69 bits per heavy atom. The summed E-state index contributed by atoms with van der Waals surface area (Å²) in [7, 11) is 0. The second-order valence-corrected chi connectivity index (χ2v) is 8.59. The summed E-state index contributed by atoms with van der Waals surface area (Å²) in [6, 6.07) is 15.0. The molecule has 0 spiro atoms. The number of halogens is 3. The molecule has 3 aromatic rings. The molecule has 5 nitrogen and oxygen atoms in total. The molecule has 0 unspecified atom stereocenters. The van der Waals surface area contributed by atoms with E-state index in [-0.39, 0.29) is 5.91 Å². The van der Waals surface area contributed by atoms with Gasteiger partial charge in [0.05, 0.1) is 5.56 Å². The highest BCUT2D eigenvalue weighted by Gasteiger charge is 2.30. The summed E-state index contributed by atoms with van der Waals surface area (Å²) in [6.45, 7) is 5.88. The van der Waals surface area contributed by atoms with E-state index in [9.17, 15) is 18.0 Å². The lowest BCUT2D eigenvalue weighted by Gasteiger charge is -2.36. The Bertz CT molecular complexity index is 1220. The van der Waals surface area contributed by atoms with Crippen molar-refractivity contribution in [1.82, 2.24) is 14.9 Å². The smallest absolute Gasteiger partial charge is 0.353 e. The molecule has 35 heavy (non-hydrogen) atoms. The minimum absolute atomic E-state index is 0.0484. The lowest BCUT2D eigenvalue weighted by molar-refractivity contribution is -0.137. The van der Waals surface area contributed by atoms with E-state index < -0.39 is 11.7 Å². The summed E-state index contributed by atoms with van der Waals surface area (Å²) in [5, 5.41) is 0. The fourth-order valence-electron chi connectivity index (χ4n) is 4.22.